The molecule has 0 saturated carbocycles. The fourth-order valence-corrected chi connectivity index (χ4v) is 7.45. The van der Waals surface area contributed by atoms with Gasteiger partial charge in [0.2, 0.25) is 0 Å². The normalized spacial score (nSPS) is 12.4. The number of rotatable bonds is 17. The summed E-state index contributed by atoms with van der Waals surface area (Å²) in [5.41, 5.74) is 4.81. The Labute approximate surface area is 200 Å². The van der Waals surface area contributed by atoms with Gasteiger partial charge in [-0.15, -0.1) is 0 Å². The van der Waals surface area contributed by atoms with Crippen LogP contribution in [0.3, 0.4) is 0 Å². The molecule has 33 heavy (non-hydrogen) atoms. The minimum atomic E-state index is -2.94. The molecule has 0 heterocycles. The summed E-state index contributed by atoms with van der Waals surface area (Å²) in [4.78, 5) is 22.0. The van der Waals surface area contributed by atoms with Crippen LogP contribution in [0.1, 0.15) is 47.5 Å². The van der Waals surface area contributed by atoms with Crippen LogP contribution >= 0.6 is 0 Å². The Bertz CT molecular complexity index is 538. The number of ether oxygens (including phenoxy) is 1. The Hall–Kier alpha value is -1.33. The van der Waals surface area contributed by atoms with Crippen LogP contribution in [-0.4, -0.2) is 83.0 Å². The lowest BCUT2D eigenvalue weighted by molar-refractivity contribution is -0.143. The van der Waals surface area contributed by atoms with Gasteiger partial charge in [0.05, 0.1) is 0 Å². The summed E-state index contributed by atoms with van der Waals surface area (Å²) >= 11 is 0. The molecule has 0 aliphatic heterocycles. The second-order valence-electron chi connectivity index (χ2n) is 6.68. The minimum Gasteiger partial charge on any atom is -0.454 e. The summed E-state index contributed by atoms with van der Waals surface area (Å²) in [6, 6.07) is 0.171. The number of nitrogens with two attached hydrogens (primary N) is 1. The van der Waals surface area contributed by atoms with Gasteiger partial charge in [-0.3, -0.25) is 0 Å². The molecule has 13 heteroatoms. The average Bonchev–Trinajstić information content (AvgIpc) is 2.78. The zero-order valence-corrected chi connectivity index (χ0v) is 23.5. The van der Waals surface area contributed by atoms with Crippen LogP contribution in [0.2, 0.25) is 6.04 Å². The predicted molar refractivity (Wildman–Crippen MR) is 129 cm³/mol. The molecular formula is C20H44N2O9Si2. The number of urea groups is 1. The van der Waals surface area contributed by atoms with Crippen molar-refractivity contribution in [2.75, 3.05) is 47.7 Å². The van der Waals surface area contributed by atoms with Crippen molar-refractivity contribution >= 4 is 29.6 Å². The predicted octanol–water partition coefficient (Wildman–Crippen LogP) is 2.39. The van der Waals surface area contributed by atoms with Crippen molar-refractivity contribution in [1.82, 2.24) is 5.32 Å². The van der Waals surface area contributed by atoms with Gasteiger partial charge in [0.15, 0.2) is 5.73 Å². The van der Waals surface area contributed by atoms with Crippen LogP contribution in [0.15, 0.2) is 12.2 Å². The quantitative estimate of drug-likeness (QED) is 0.130. The maximum Gasteiger partial charge on any atom is 0.543 e. The Balaban J connectivity index is 0. The molecule has 0 fully saturated rings. The van der Waals surface area contributed by atoms with Crippen LogP contribution in [0.4, 0.5) is 4.79 Å². The van der Waals surface area contributed by atoms with E-state index in [2.05, 4.69) is 11.9 Å². The Morgan fingerprint density at radius 3 is 1.70 bits per heavy atom. The smallest absolute Gasteiger partial charge is 0.454 e. The van der Waals surface area contributed by atoms with E-state index in [4.69, 9.17) is 37.0 Å². The van der Waals surface area contributed by atoms with Crippen LogP contribution in [0.25, 0.3) is 0 Å². The Morgan fingerprint density at radius 1 is 0.939 bits per heavy atom. The van der Waals surface area contributed by atoms with E-state index in [-0.39, 0.29) is 0 Å². The van der Waals surface area contributed by atoms with Crippen molar-refractivity contribution in [3.63, 3.8) is 0 Å². The van der Waals surface area contributed by atoms with Gasteiger partial charge in [-0.25, -0.2) is 9.59 Å². The van der Waals surface area contributed by atoms with E-state index >= 15 is 0 Å². The molecular weight excluding hydrogens is 468 g/mol. The zero-order valence-electron chi connectivity index (χ0n) is 21.5. The van der Waals surface area contributed by atoms with Crippen molar-refractivity contribution < 1.29 is 40.9 Å². The molecule has 0 aromatic rings. The number of primary amides is 1. The van der Waals surface area contributed by atoms with E-state index in [1.807, 2.05) is 27.7 Å². The number of hydrogen-bond donors (Lipinski definition) is 2. The maximum atomic E-state index is 11.4. The van der Waals surface area contributed by atoms with Gasteiger partial charge in [0.25, 0.3) is 0 Å². The summed E-state index contributed by atoms with van der Waals surface area (Å²) in [6.07, 6.45) is 1.29. The molecule has 0 aliphatic rings. The number of hydrogen-bond acceptors (Lipinski definition) is 9. The van der Waals surface area contributed by atoms with Crippen LogP contribution in [0.5, 0.6) is 0 Å². The molecule has 0 aromatic carbocycles. The summed E-state index contributed by atoms with van der Waals surface area (Å²) in [6.45, 7) is 14.9. The number of amides is 2. The van der Waals surface area contributed by atoms with Crippen molar-refractivity contribution in [2.24, 2.45) is 5.73 Å². The third-order valence-corrected chi connectivity index (χ3v) is 10.4. The van der Waals surface area contributed by atoms with Crippen molar-refractivity contribution in [2.45, 2.75) is 59.2 Å². The van der Waals surface area contributed by atoms with E-state index in [0.717, 1.165) is 6.42 Å². The molecule has 0 rings (SSSR count). The first-order valence-electron chi connectivity index (χ1n) is 11.0. The molecule has 0 bridgehead atoms. The Morgan fingerprint density at radius 2 is 1.39 bits per heavy atom. The number of carbonyl (C=O) groups excluding carboxylic acids is 2. The maximum absolute atomic E-state index is 11.4. The van der Waals surface area contributed by atoms with Gasteiger partial charge in [0.1, 0.15) is 0 Å². The average molecular weight is 513 g/mol. The molecule has 196 valence electrons. The van der Waals surface area contributed by atoms with Gasteiger partial charge in [-0.1, -0.05) is 13.5 Å². The number of carbonyl (C=O) groups is 2. The van der Waals surface area contributed by atoms with Gasteiger partial charge >= 0.3 is 29.6 Å². The van der Waals surface area contributed by atoms with Gasteiger partial charge in [-0.2, -0.15) is 0 Å². The SMILES string of the molecule is C=C(C)C(=O)OC(CC)[Si](OC)(OC)OC.CCO[Si](CCCNC(N)=O)(OCC)OCC. The van der Waals surface area contributed by atoms with E-state index < -0.39 is 35.3 Å². The lowest BCUT2D eigenvalue weighted by atomic mass is 10.4. The Kier molecular flexibility index (Phi) is 19.5. The summed E-state index contributed by atoms with van der Waals surface area (Å²) in [7, 11) is -1.05. The van der Waals surface area contributed by atoms with Crippen LogP contribution in [0, 0.1) is 0 Å². The van der Waals surface area contributed by atoms with Gasteiger partial charge in [-0.05, 0) is 40.5 Å². The molecule has 3 N–H and O–H groups in total. The summed E-state index contributed by atoms with van der Waals surface area (Å²) < 4.78 is 38.0. The molecule has 0 aromatic heterocycles. The third kappa shape index (κ3) is 13.2. The number of esters is 1. The second kappa shape index (κ2) is 19.0. The summed E-state index contributed by atoms with van der Waals surface area (Å²) in [5, 5.41) is 2.54. The molecule has 0 spiro atoms. The monoisotopic (exact) mass is 512 g/mol. The zero-order chi connectivity index (χ0) is 25.9. The molecule has 0 saturated heterocycles. The molecule has 11 nitrogen and oxygen atoms in total. The first kappa shape index (κ1) is 33.8. The third-order valence-electron chi connectivity index (χ3n) is 4.27. The molecule has 1 atom stereocenters. The van der Waals surface area contributed by atoms with Crippen LogP contribution < -0.4 is 11.1 Å². The molecule has 0 aliphatic carbocycles. The summed E-state index contributed by atoms with van der Waals surface area (Å²) in [5.74, 6) is -0.463. The lowest BCUT2D eigenvalue weighted by Crippen LogP contribution is -2.56. The minimum absolute atomic E-state index is 0.338. The molecule has 0 radical (unpaired) electrons. The number of nitrogens with one attached hydrogen (secondary N) is 1. The first-order chi connectivity index (χ1) is 15.6. The van der Waals surface area contributed by atoms with Gasteiger partial charge < -0.3 is 42.3 Å². The van der Waals surface area contributed by atoms with Crippen molar-refractivity contribution in [3.05, 3.63) is 12.2 Å². The highest BCUT2D eigenvalue weighted by molar-refractivity contribution is 6.62. The van der Waals surface area contributed by atoms with Gasteiger partial charge in [0, 0.05) is 59.3 Å². The van der Waals surface area contributed by atoms with Crippen molar-refractivity contribution in [1.29, 1.82) is 0 Å². The lowest BCUT2D eigenvalue weighted by Gasteiger charge is -2.31. The molecule has 2 amide bonds. The second-order valence-corrected chi connectivity index (χ2v) is 12.5. The van der Waals surface area contributed by atoms with Crippen molar-refractivity contribution in [3.8, 4) is 0 Å². The largest absolute Gasteiger partial charge is 0.543 e. The highest BCUT2D eigenvalue weighted by atomic mass is 28.4. The fourth-order valence-electron chi connectivity index (χ4n) is 2.80. The van der Waals surface area contributed by atoms with Crippen LogP contribution in [-0.2, 0) is 36.1 Å². The molecule has 1 unspecified atom stereocenters. The fraction of sp³-hybridized carbons (Fsp3) is 0.800. The van der Waals surface area contributed by atoms with E-state index in [1.54, 1.807) is 6.92 Å². The van der Waals surface area contributed by atoms with E-state index in [9.17, 15) is 9.59 Å². The highest BCUT2D eigenvalue weighted by Gasteiger charge is 2.49. The topological polar surface area (TPSA) is 137 Å². The standard InChI is InChI=1S/C10H24N2O4Si.C10H20O5Si/c1-4-14-17(15-5-2,16-6-3)9-7-8-12-10(11)13;1-7-9(15-10(11)8(2)3)16(12-4,13-5)14-6/h4-9H2,1-3H3,(H3,11,12,13);9H,2,7H2,1,3-6H3. The first-order valence-corrected chi connectivity index (χ1v) is 14.8. The highest BCUT2D eigenvalue weighted by Crippen LogP contribution is 2.19. The van der Waals surface area contributed by atoms with E-state index in [0.29, 0.717) is 44.4 Å². The van der Waals surface area contributed by atoms with E-state index in [1.165, 1.54) is 21.3 Å².